The summed E-state index contributed by atoms with van der Waals surface area (Å²) in [5.41, 5.74) is 0.363. The molecule has 0 aliphatic carbocycles. The lowest BCUT2D eigenvalue weighted by Gasteiger charge is -2.14. The Morgan fingerprint density at radius 1 is 1.56 bits per heavy atom. The largest absolute Gasteiger partial charge is 0.496 e. The minimum Gasteiger partial charge on any atom is -0.496 e. The van der Waals surface area contributed by atoms with Crippen LogP contribution < -0.4 is 10.1 Å². The van der Waals surface area contributed by atoms with E-state index in [4.69, 9.17) is 4.74 Å². The van der Waals surface area contributed by atoms with Crippen LogP contribution in [0.25, 0.3) is 0 Å². The van der Waals surface area contributed by atoms with E-state index in [9.17, 15) is 14.3 Å². The molecule has 0 aliphatic rings. The molecule has 0 aromatic heterocycles. The lowest BCUT2D eigenvalue weighted by molar-refractivity contribution is -0.121. The van der Waals surface area contributed by atoms with Gasteiger partial charge < -0.3 is 15.2 Å². The van der Waals surface area contributed by atoms with Crippen LogP contribution in [-0.2, 0) is 4.79 Å². The van der Waals surface area contributed by atoms with Gasteiger partial charge in [-0.1, -0.05) is 0 Å². The Labute approximate surface area is 106 Å². The van der Waals surface area contributed by atoms with Gasteiger partial charge >= 0.3 is 0 Å². The minimum atomic E-state index is -0.918. The smallest absolute Gasteiger partial charge is 0.220 e. The maximum atomic E-state index is 13.1. The second-order valence-electron chi connectivity index (χ2n) is 3.89. The van der Waals surface area contributed by atoms with Gasteiger partial charge in [0.15, 0.2) is 0 Å². The molecule has 100 valence electrons. The van der Waals surface area contributed by atoms with Crippen LogP contribution in [0.4, 0.5) is 4.39 Å². The van der Waals surface area contributed by atoms with Gasteiger partial charge in [-0.2, -0.15) is 0 Å². The minimum absolute atomic E-state index is 0.132. The predicted octanol–water partition coefficient (Wildman–Crippen LogP) is 1.78. The number of nitrogens with one attached hydrogen (secondary N) is 1. The van der Waals surface area contributed by atoms with Crippen LogP contribution in [0.1, 0.15) is 31.4 Å². The molecule has 0 heterocycles. The number of rotatable bonds is 6. The number of carbonyl (C=O) groups is 1. The van der Waals surface area contributed by atoms with E-state index in [2.05, 4.69) is 5.32 Å². The van der Waals surface area contributed by atoms with Crippen LogP contribution >= 0.6 is 0 Å². The molecule has 1 rings (SSSR count). The van der Waals surface area contributed by atoms with Gasteiger partial charge in [-0.25, -0.2) is 4.39 Å². The number of halogens is 1. The van der Waals surface area contributed by atoms with Crippen molar-refractivity contribution in [3.05, 3.63) is 29.6 Å². The molecular formula is C13H18FNO3. The van der Waals surface area contributed by atoms with Crippen LogP contribution in [-0.4, -0.2) is 24.7 Å². The molecule has 0 aliphatic heterocycles. The third-order valence-electron chi connectivity index (χ3n) is 2.57. The Bertz CT molecular complexity index is 409. The van der Waals surface area contributed by atoms with E-state index in [1.807, 2.05) is 6.92 Å². The summed E-state index contributed by atoms with van der Waals surface area (Å²) < 4.78 is 18.2. The number of aliphatic hydroxyl groups excluding tert-OH is 1. The van der Waals surface area contributed by atoms with Gasteiger partial charge in [-0.15, -0.1) is 0 Å². The summed E-state index contributed by atoms with van der Waals surface area (Å²) >= 11 is 0. The summed E-state index contributed by atoms with van der Waals surface area (Å²) in [7, 11) is 1.45. The first-order valence-corrected chi connectivity index (χ1v) is 5.86. The Kier molecular flexibility index (Phi) is 5.58. The van der Waals surface area contributed by atoms with Crippen molar-refractivity contribution in [2.24, 2.45) is 0 Å². The molecule has 0 spiro atoms. The first-order valence-electron chi connectivity index (χ1n) is 5.86. The van der Waals surface area contributed by atoms with Crippen molar-refractivity contribution in [2.75, 3.05) is 13.7 Å². The van der Waals surface area contributed by atoms with Crippen LogP contribution in [0, 0.1) is 5.82 Å². The molecule has 0 saturated heterocycles. The van der Waals surface area contributed by atoms with E-state index in [0.29, 0.717) is 17.9 Å². The summed E-state index contributed by atoms with van der Waals surface area (Å²) in [6.07, 6.45) is -0.501. The normalized spacial score (nSPS) is 12.0. The highest BCUT2D eigenvalue weighted by Crippen LogP contribution is 2.28. The van der Waals surface area contributed by atoms with Gasteiger partial charge in [0.1, 0.15) is 11.6 Å². The fraction of sp³-hybridized carbons (Fsp3) is 0.462. The van der Waals surface area contributed by atoms with Gasteiger partial charge in [0.2, 0.25) is 5.91 Å². The Morgan fingerprint density at radius 3 is 2.89 bits per heavy atom. The third-order valence-corrected chi connectivity index (χ3v) is 2.57. The summed E-state index contributed by atoms with van der Waals surface area (Å²) in [4.78, 5) is 11.3. The van der Waals surface area contributed by atoms with E-state index < -0.39 is 11.9 Å². The fourth-order valence-electron chi connectivity index (χ4n) is 1.67. The molecule has 18 heavy (non-hydrogen) atoms. The van der Waals surface area contributed by atoms with Gasteiger partial charge in [-0.3, -0.25) is 4.79 Å². The Hall–Kier alpha value is -1.62. The molecule has 1 atom stereocenters. The molecule has 1 aromatic rings. The SMILES string of the molecule is CCNC(=O)CCC(O)c1cc(F)ccc1OC. The molecule has 4 nitrogen and oxygen atoms in total. The summed E-state index contributed by atoms with van der Waals surface area (Å²) in [5, 5.41) is 12.6. The number of ether oxygens (including phenoxy) is 1. The van der Waals surface area contributed by atoms with E-state index >= 15 is 0 Å². The van der Waals surface area contributed by atoms with Crippen molar-refractivity contribution in [3.63, 3.8) is 0 Å². The number of benzene rings is 1. The maximum Gasteiger partial charge on any atom is 0.220 e. The molecule has 0 bridgehead atoms. The Morgan fingerprint density at radius 2 is 2.28 bits per heavy atom. The van der Waals surface area contributed by atoms with Gasteiger partial charge in [-0.05, 0) is 31.5 Å². The molecular weight excluding hydrogens is 237 g/mol. The zero-order valence-corrected chi connectivity index (χ0v) is 10.6. The number of amides is 1. The molecule has 0 saturated carbocycles. The maximum absolute atomic E-state index is 13.1. The first kappa shape index (κ1) is 14.4. The van der Waals surface area contributed by atoms with Gasteiger partial charge in [0.25, 0.3) is 0 Å². The first-order chi connectivity index (χ1) is 8.58. The second kappa shape index (κ2) is 6.96. The molecule has 2 N–H and O–H groups in total. The molecule has 1 unspecified atom stereocenters. The second-order valence-corrected chi connectivity index (χ2v) is 3.89. The van der Waals surface area contributed by atoms with Crippen LogP contribution in [0.3, 0.4) is 0 Å². The lowest BCUT2D eigenvalue weighted by Crippen LogP contribution is -2.22. The third kappa shape index (κ3) is 4.00. The molecule has 1 aromatic carbocycles. The van der Waals surface area contributed by atoms with E-state index in [-0.39, 0.29) is 18.7 Å². The van der Waals surface area contributed by atoms with Gasteiger partial charge in [0.05, 0.1) is 13.2 Å². The number of hydrogen-bond acceptors (Lipinski definition) is 3. The van der Waals surface area contributed by atoms with Crippen molar-refractivity contribution in [1.29, 1.82) is 0 Å². The lowest BCUT2D eigenvalue weighted by atomic mass is 10.0. The molecule has 1 amide bonds. The van der Waals surface area contributed by atoms with Crippen LogP contribution in [0.2, 0.25) is 0 Å². The van der Waals surface area contributed by atoms with E-state index in [1.165, 1.54) is 25.3 Å². The topological polar surface area (TPSA) is 58.6 Å². The Balaban J connectivity index is 2.68. The van der Waals surface area contributed by atoms with E-state index in [0.717, 1.165) is 0 Å². The van der Waals surface area contributed by atoms with Crippen LogP contribution in [0.15, 0.2) is 18.2 Å². The zero-order valence-electron chi connectivity index (χ0n) is 10.6. The van der Waals surface area contributed by atoms with Crippen molar-refractivity contribution < 1.29 is 19.0 Å². The van der Waals surface area contributed by atoms with Crippen molar-refractivity contribution in [3.8, 4) is 5.75 Å². The average molecular weight is 255 g/mol. The highest BCUT2D eigenvalue weighted by Gasteiger charge is 2.15. The standard InChI is InChI=1S/C13H18FNO3/c1-3-15-13(17)7-5-11(16)10-8-9(14)4-6-12(10)18-2/h4,6,8,11,16H,3,5,7H2,1-2H3,(H,15,17). The number of hydrogen-bond donors (Lipinski definition) is 2. The summed E-state index contributed by atoms with van der Waals surface area (Å²) in [5.74, 6) is -0.158. The number of methoxy groups -OCH3 is 1. The summed E-state index contributed by atoms with van der Waals surface area (Å²) in [6, 6.07) is 3.94. The highest BCUT2D eigenvalue weighted by molar-refractivity contribution is 5.75. The quantitative estimate of drug-likeness (QED) is 0.814. The predicted molar refractivity (Wildman–Crippen MR) is 65.8 cm³/mol. The molecule has 0 fully saturated rings. The highest BCUT2D eigenvalue weighted by atomic mass is 19.1. The monoisotopic (exact) mass is 255 g/mol. The van der Waals surface area contributed by atoms with Crippen LogP contribution in [0.5, 0.6) is 5.75 Å². The zero-order chi connectivity index (χ0) is 13.5. The van der Waals surface area contributed by atoms with Crippen molar-refractivity contribution >= 4 is 5.91 Å². The summed E-state index contributed by atoms with van der Waals surface area (Å²) in [6.45, 7) is 2.38. The molecule has 5 heteroatoms. The average Bonchev–Trinajstić information content (AvgIpc) is 2.36. The fourth-order valence-corrected chi connectivity index (χ4v) is 1.67. The van der Waals surface area contributed by atoms with E-state index in [1.54, 1.807) is 0 Å². The number of aliphatic hydroxyl groups is 1. The van der Waals surface area contributed by atoms with Crippen molar-refractivity contribution in [2.45, 2.75) is 25.9 Å². The number of carbonyl (C=O) groups excluding carboxylic acids is 1. The van der Waals surface area contributed by atoms with Crippen molar-refractivity contribution in [1.82, 2.24) is 5.32 Å². The molecule has 0 radical (unpaired) electrons. The van der Waals surface area contributed by atoms with Gasteiger partial charge in [0, 0.05) is 18.5 Å².